The van der Waals surface area contributed by atoms with Crippen LogP contribution in [0, 0.1) is 34.0 Å². The van der Waals surface area contributed by atoms with Crippen LogP contribution in [0.2, 0.25) is 0 Å². The molecular weight excluding hydrogens is 254 g/mol. The number of nitrogens with zero attached hydrogens (tertiary/aromatic N) is 3. The van der Waals surface area contributed by atoms with Gasteiger partial charge in [0.2, 0.25) is 5.91 Å². The summed E-state index contributed by atoms with van der Waals surface area (Å²) in [7, 11) is 0. The van der Waals surface area contributed by atoms with Gasteiger partial charge in [0.1, 0.15) is 23.9 Å². The molecule has 1 heterocycles. The molecule has 0 saturated heterocycles. The molecule has 0 radical (unpaired) electrons. The summed E-state index contributed by atoms with van der Waals surface area (Å²) in [5.74, 6) is -0.0212. The molecule has 0 spiro atoms. The second-order valence-electron chi connectivity index (χ2n) is 4.15. The lowest BCUT2D eigenvalue weighted by Crippen LogP contribution is -2.30. The maximum atomic E-state index is 11.3. The molecule has 1 aliphatic rings. The number of allylic oxidation sites excluding steroid dienone is 2. The summed E-state index contributed by atoms with van der Waals surface area (Å²) in [6.07, 6.45) is 0.332. The van der Waals surface area contributed by atoms with Crippen LogP contribution in [0.3, 0.4) is 0 Å². The van der Waals surface area contributed by atoms with E-state index in [1.807, 2.05) is 0 Å². The highest BCUT2D eigenvalue weighted by atomic mass is 16.1. The second kappa shape index (κ2) is 5.56. The molecule has 1 aromatic carbocycles. The first-order valence-electron chi connectivity index (χ1n) is 5.78. The quantitative estimate of drug-likeness (QED) is 0.775. The minimum atomic E-state index is -0.265. The first kappa shape index (κ1) is 13.1. The number of nitriles is 3. The van der Waals surface area contributed by atoms with Gasteiger partial charge in [0, 0.05) is 12.2 Å². The third-order valence-corrected chi connectivity index (χ3v) is 2.89. The van der Waals surface area contributed by atoms with Crippen molar-refractivity contribution in [3.05, 3.63) is 40.6 Å². The van der Waals surface area contributed by atoms with Crippen molar-refractivity contribution < 1.29 is 4.79 Å². The number of amides is 1. The molecule has 0 aliphatic carbocycles. The number of carbonyl (C=O) groups is 1. The standard InChI is InChI=1S/C14H9N5O/c15-5-11(6-16)13(7-17)19-12-2-1-9-4-14(20)18-8-10(9)3-12/h1-3,19H,4,8H2,(H,18,20). The third kappa shape index (κ3) is 2.58. The fraction of sp³-hybridized carbons (Fsp3) is 0.143. The predicted molar refractivity (Wildman–Crippen MR) is 69.5 cm³/mol. The van der Waals surface area contributed by atoms with Gasteiger partial charge in [-0.25, -0.2) is 0 Å². The monoisotopic (exact) mass is 263 g/mol. The van der Waals surface area contributed by atoms with E-state index in [2.05, 4.69) is 10.6 Å². The molecule has 0 saturated carbocycles. The van der Waals surface area contributed by atoms with E-state index in [4.69, 9.17) is 15.8 Å². The Balaban J connectivity index is 2.31. The molecular formula is C14H9N5O. The van der Waals surface area contributed by atoms with Gasteiger partial charge < -0.3 is 10.6 Å². The van der Waals surface area contributed by atoms with Crippen LogP contribution in [-0.4, -0.2) is 5.91 Å². The summed E-state index contributed by atoms with van der Waals surface area (Å²) in [5.41, 5.74) is 2.12. The number of anilines is 1. The lowest BCUT2D eigenvalue weighted by Gasteiger charge is -2.17. The molecule has 1 amide bonds. The van der Waals surface area contributed by atoms with Gasteiger partial charge in [-0.1, -0.05) is 6.07 Å². The molecule has 20 heavy (non-hydrogen) atoms. The zero-order valence-electron chi connectivity index (χ0n) is 10.4. The molecule has 6 nitrogen and oxygen atoms in total. The number of carbonyl (C=O) groups excluding carboxylic acids is 1. The van der Waals surface area contributed by atoms with E-state index >= 15 is 0 Å². The van der Waals surface area contributed by atoms with Gasteiger partial charge in [0.05, 0.1) is 6.42 Å². The van der Waals surface area contributed by atoms with Crippen LogP contribution in [0.1, 0.15) is 11.1 Å². The van der Waals surface area contributed by atoms with Crippen LogP contribution in [0.25, 0.3) is 0 Å². The van der Waals surface area contributed by atoms with Gasteiger partial charge in [-0.3, -0.25) is 4.79 Å². The van der Waals surface area contributed by atoms with E-state index in [1.54, 1.807) is 36.4 Å². The van der Waals surface area contributed by atoms with Crippen LogP contribution in [0.5, 0.6) is 0 Å². The summed E-state index contributed by atoms with van der Waals surface area (Å²) < 4.78 is 0. The van der Waals surface area contributed by atoms with Crippen molar-refractivity contribution >= 4 is 11.6 Å². The number of benzene rings is 1. The lowest BCUT2D eigenvalue weighted by atomic mass is 10.00. The molecule has 0 aromatic heterocycles. The number of hydrogen-bond donors (Lipinski definition) is 2. The summed E-state index contributed by atoms with van der Waals surface area (Å²) in [5, 5.41) is 32.0. The van der Waals surface area contributed by atoms with Crippen LogP contribution < -0.4 is 10.6 Å². The first-order chi connectivity index (χ1) is 9.67. The fourth-order valence-electron chi connectivity index (χ4n) is 1.90. The first-order valence-corrected chi connectivity index (χ1v) is 5.78. The largest absolute Gasteiger partial charge is 0.352 e. The van der Waals surface area contributed by atoms with Crippen molar-refractivity contribution in [3.63, 3.8) is 0 Å². The minimum absolute atomic E-state index is 0.0212. The summed E-state index contributed by atoms with van der Waals surface area (Å²) in [4.78, 5) is 11.3. The van der Waals surface area contributed by atoms with Crippen molar-refractivity contribution in [2.24, 2.45) is 0 Å². The van der Waals surface area contributed by atoms with E-state index in [9.17, 15) is 4.79 Å². The molecule has 1 aliphatic heterocycles. The Morgan fingerprint density at radius 3 is 2.55 bits per heavy atom. The normalized spacial score (nSPS) is 11.9. The minimum Gasteiger partial charge on any atom is -0.352 e. The Labute approximate surface area is 115 Å². The second-order valence-corrected chi connectivity index (χ2v) is 4.15. The van der Waals surface area contributed by atoms with E-state index in [0.29, 0.717) is 18.7 Å². The average Bonchev–Trinajstić information content (AvgIpc) is 2.47. The Bertz CT molecular complexity index is 711. The number of nitrogens with one attached hydrogen (secondary N) is 2. The number of fused-ring (bicyclic) bond motifs is 1. The van der Waals surface area contributed by atoms with Gasteiger partial charge >= 0.3 is 0 Å². The lowest BCUT2D eigenvalue weighted by molar-refractivity contribution is -0.121. The molecule has 0 atom stereocenters. The zero-order valence-corrected chi connectivity index (χ0v) is 10.4. The van der Waals surface area contributed by atoms with Crippen LogP contribution in [0.4, 0.5) is 5.69 Å². The molecule has 6 heteroatoms. The van der Waals surface area contributed by atoms with Gasteiger partial charge in [-0.15, -0.1) is 0 Å². The fourth-order valence-corrected chi connectivity index (χ4v) is 1.90. The summed E-state index contributed by atoms with van der Waals surface area (Å²) in [6.45, 7) is 0.429. The van der Waals surface area contributed by atoms with Crippen LogP contribution in [-0.2, 0) is 17.8 Å². The van der Waals surface area contributed by atoms with Crippen molar-refractivity contribution in [2.45, 2.75) is 13.0 Å². The van der Waals surface area contributed by atoms with Gasteiger partial charge in [0.15, 0.2) is 5.57 Å². The zero-order chi connectivity index (χ0) is 14.5. The van der Waals surface area contributed by atoms with E-state index < -0.39 is 0 Å². The van der Waals surface area contributed by atoms with Gasteiger partial charge in [-0.05, 0) is 23.3 Å². The van der Waals surface area contributed by atoms with E-state index in [1.165, 1.54) is 0 Å². The van der Waals surface area contributed by atoms with Crippen molar-refractivity contribution in [3.8, 4) is 18.2 Å². The van der Waals surface area contributed by atoms with E-state index in [-0.39, 0.29) is 17.2 Å². The summed E-state index contributed by atoms with van der Waals surface area (Å²) in [6, 6.07) is 10.4. The molecule has 0 fully saturated rings. The van der Waals surface area contributed by atoms with Gasteiger partial charge in [-0.2, -0.15) is 15.8 Å². The molecule has 2 rings (SSSR count). The topological polar surface area (TPSA) is 112 Å². The maximum Gasteiger partial charge on any atom is 0.224 e. The van der Waals surface area contributed by atoms with E-state index in [0.717, 1.165) is 11.1 Å². The SMILES string of the molecule is N#CC(C#N)=C(C#N)Nc1ccc2c(c1)CNC(=O)C2. The van der Waals surface area contributed by atoms with Crippen molar-refractivity contribution in [2.75, 3.05) is 5.32 Å². The van der Waals surface area contributed by atoms with Crippen LogP contribution in [0.15, 0.2) is 29.5 Å². The number of hydrogen-bond acceptors (Lipinski definition) is 5. The van der Waals surface area contributed by atoms with Crippen molar-refractivity contribution in [1.29, 1.82) is 15.8 Å². The maximum absolute atomic E-state index is 11.3. The molecule has 0 bridgehead atoms. The molecule has 0 unspecified atom stereocenters. The highest BCUT2D eigenvalue weighted by Gasteiger charge is 2.15. The third-order valence-electron chi connectivity index (χ3n) is 2.89. The smallest absolute Gasteiger partial charge is 0.224 e. The predicted octanol–water partition coefficient (Wildman–Crippen LogP) is 1.10. The number of rotatable bonds is 2. The molecule has 2 N–H and O–H groups in total. The Morgan fingerprint density at radius 1 is 1.15 bits per heavy atom. The van der Waals surface area contributed by atoms with Gasteiger partial charge in [0.25, 0.3) is 0 Å². The Morgan fingerprint density at radius 2 is 1.90 bits per heavy atom. The highest BCUT2D eigenvalue weighted by molar-refractivity contribution is 5.81. The highest BCUT2D eigenvalue weighted by Crippen LogP contribution is 2.21. The molecule has 1 aromatic rings. The average molecular weight is 263 g/mol. The summed E-state index contributed by atoms with van der Waals surface area (Å²) >= 11 is 0. The Hall–Kier alpha value is -3.30. The Kier molecular flexibility index (Phi) is 3.65. The van der Waals surface area contributed by atoms with Crippen molar-refractivity contribution in [1.82, 2.24) is 5.32 Å². The molecule has 96 valence electrons. The van der Waals surface area contributed by atoms with Crippen LogP contribution >= 0.6 is 0 Å².